The molecule has 0 unspecified atom stereocenters. The van der Waals surface area contributed by atoms with Crippen molar-refractivity contribution in [1.82, 2.24) is 14.7 Å². The maximum Gasteiger partial charge on any atom is 0.474 e. The molecule has 7 nitrogen and oxygen atoms in total. The molecule has 130 valence electrons. The van der Waals surface area contributed by atoms with Crippen molar-refractivity contribution < 1.29 is 18.1 Å². The van der Waals surface area contributed by atoms with Gasteiger partial charge < -0.3 is 14.7 Å². The Morgan fingerprint density at radius 1 is 0.667 bits per heavy atom. The van der Waals surface area contributed by atoms with Crippen LogP contribution in [0.25, 0.3) is 0 Å². The van der Waals surface area contributed by atoms with Gasteiger partial charge >= 0.3 is 7.82 Å². The summed E-state index contributed by atoms with van der Waals surface area (Å²) in [6.45, 7) is 2.94. The van der Waals surface area contributed by atoms with Crippen LogP contribution in [0, 0.1) is 0 Å². The SMILES string of the molecule is CN(C)CCOP(=O)(OCCN(C)C)OCCN(C)C.Cl. The summed E-state index contributed by atoms with van der Waals surface area (Å²) in [5, 5.41) is 0. The van der Waals surface area contributed by atoms with Crippen molar-refractivity contribution in [1.29, 1.82) is 0 Å². The van der Waals surface area contributed by atoms with Crippen LogP contribution in [0.5, 0.6) is 0 Å². The summed E-state index contributed by atoms with van der Waals surface area (Å²) < 4.78 is 28.4. The molecule has 0 heterocycles. The maximum absolute atomic E-state index is 12.4. The van der Waals surface area contributed by atoms with Crippen molar-refractivity contribution in [2.45, 2.75) is 0 Å². The summed E-state index contributed by atoms with van der Waals surface area (Å²) in [4.78, 5) is 5.85. The van der Waals surface area contributed by atoms with Crippen LogP contribution in [-0.2, 0) is 18.1 Å². The molecule has 0 N–H and O–H groups in total. The molecule has 0 aromatic rings. The van der Waals surface area contributed by atoms with E-state index in [4.69, 9.17) is 13.6 Å². The Morgan fingerprint density at radius 3 is 1.10 bits per heavy atom. The van der Waals surface area contributed by atoms with E-state index in [9.17, 15) is 4.57 Å². The van der Waals surface area contributed by atoms with Crippen LogP contribution < -0.4 is 0 Å². The molecule has 0 rings (SSSR count). The van der Waals surface area contributed by atoms with E-state index in [2.05, 4.69) is 0 Å². The molecule has 0 saturated carbocycles. The van der Waals surface area contributed by atoms with Gasteiger partial charge in [-0.25, -0.2) is 4.57 Å². The minimum Gasteiger partial charge on any atom is -0.307 e. The lowest BCUT2D eigenvalue weighted by atomic mass is 10.6. The van der Waals surface area contributed by atoms with Crippen molar-refractivity contribution in [3.63, 3.8) is 0 Å². The quantitative estimate of drug-likeness (QED) is 0.492. The van der Waals surface area contributed by atoms with Gasteiger partial charge in [-0.1, -0.05) is 0 Å². The summed E-state index contributed by atoms with van der Waals surface area (Å²) >= 11 is 0. The third kappa shape index (κ3) is 15.0. The highest BCUT2D eigenvalue weighted by atomic mass is 35.5. The zero-order valence-electron chi connectivity index (χ0n) is 14.1. The molecule has 0 fully saturated rings. The molecule has 0 spiro atoms. The van der Waals surface area contributed by atoms with Gasteiger partial charge in [0.1, 0.15) is 0 Å². The van der Waals surface area contributed by atoms with Crippen LogP contribution in [0.4, 0.5) is 0 Å². The van der Waals surface area contributed by atoms with E-state index in [1.54, 1.807) is 0 Å². The second-order valence-electron chi connectivity index (χ2n) is 5.36. The van der Waals surface area contributed by atoms with Crippen LogP contribution in [-0.4, -0.2) is 96.4 Å². The Bertz CT molecular complexity index is 251. The third-order valence-corrected chi connectivity index (χ3v) is 3.86. The molecular weight excluding hydrogens is 317 g/mol. The molecule has 0 radical (unpaired) electrons. The van der Waals surface area contributed by atoms with Crippen molar-refractivity contribution in [3.05, 3.63) is 0 Å². The standard InChI is InChI=1S/C12H30N3O4P.ClH/c1-13(2)7-10-17-20(16,18-11-8-14(3)4)19-12-9-15(5)6;/h7-12H2,1-6H3;1H. The number of halogens is 1. The molecule has 0 aliphatic rings. The van der Waals surface area contributed by atoms with E-state index in [1.807, 2.05) is 57.0 Å². The highest BCUT2D eigenvalue weighted by Crippen LogP contribution is 2.49. The average Bonchev–Trinajstić information content (AvgIpc) is 2.27. The molecule has 0 saturated heterocycles. The molecule has 0 bridgehead atoms. The zero-order chi connectivity index (χ0) is 15.6. The summed E-state index contributed by atoms with van der Waals surface area (Å²) in [5.74, 6) is 0. The van der Waals surface area contributed by atoms with E-state index >= 15 is 0 Å². The number of phosphoric acid groups is 1. The molecule has 0 aliphatic carbocycles. The van der Waals surface area contributed by atoms with Crippen molar-refractivity contribution in [3.8, 4) is 0 Å². The van der Waals surface area contributed by atoms with Gasteiger partial charge in [-0.3, -0.25) is 13.6 Å². The first-order valence-electron chi connectivity index (χ1n) is 6.73. The Balaban J connectivity index is 0. The first-order valence-corrected chi connectivity index (χ1v) is 8.19. The normalized spacial score (nSPS) is 12.2. The highest BCUT2D eigenvalue weighted by Gasteiger charge is 2.26. The number of nitrogens with zero attached hydrogens (tertiary/aromatic N) is 3. The fourth-order valence-electron chi connectivity index (χ4n) is 1.12. The van der Waals surface area contributed by atoms with E-state index in [1.165, 1.54) is 0 Å². The smallest absolute Gasteiger partial charge is 0.307 e. The lowest BCUT2D eigenvalue weighted by Gasteiger charge is -2.21. The van der Waals surface area contributed by atoms with E-state index in [-0.39, 0.29) is 12.4 Å². The van der Waals surface area contributed by atoms with Gasteiger partial charge in [0.15, 0.2) is 0 Å². The van der Waals surface area contributed by atoms with Crippen LogP contribution in [0.1, 0.15) is 0 Å². The van der Waals surface area contributed by atoms with Gasteiger partial charge in [0.2, 0.25) is 0 Å². The number of hydrogen-bond donors (Lipinski definition) is 0. The fourth-order valence-corrected chi connectivity index (χ4v) is 2.26. The number of phosphoric ester groups is 1. The van der Waals surface area contributed by atoms with Crippen molar-refractivity contribution in [2.24, 2.45) is 0 Å². The Labute approximate surface area is 135 Å². The first kappa shape index (κ1) is 23.5. The highest BCUT2D eigenvalue weighted by molar-refractivity contribution is 7.48. The molecule has 0 amide bonds. The van der Waals surface area contributed by atoms with E-state index in [0.717, 1.165) is 0 Å². The molecule has 0 aromatic heterocycles. The van der Waals surface area contributed by atoms with Crippen LogP contribution >= 0.6 is 20.2 Å². The summed E-state index contributed by atoms with van der Waals surface area (Å²) in [7, 11) is 8.08. The van der Waals surface area contributed by atoms with Crippen LogP contribution in [0.15, 0.2) is 0 Å². The minimum absolute atomic E-state index is 0. The van der Waals surface area contributed by atoms with Gasteiger partial charge in [0.25, 0.3) is 0 Å². The Kier molecular flexibility index (Phi) is 14.3. The monoisotopic (exact) mass is 347 g/mol. The van der Waals surface area contributed by atoms with E-state index in [0.29, 0.717) is 39.5 Å². The molecule has 21 heavy (non-hydrogen) atoms. The minimum atomic E-state index is -3.47. The molecule has 0 atom stereocenters. The Morgan fingerprint density at radius 2 is 0.905 bits per heavy atom. The van der Waals surface area contributed by atoms with Crippen LogP contribution in [0.3, 0.4) is 0 Å². The van der Waals surface area contributed by atoms with Gasteiger partial charge in [-0.05, 0) is 42.3 Å². The van der Waals surface area contributed by atoms with Gasteiger partial charge in [0.05, 0.1) is 19.8 Å². The average molecular weight is 348 g/mol. The molecule has 0 aromatic carbocycles. The van der Waals surface area contributed by atoms with E-state index < -0.39 is 7.82 Å². The molecular formula is C12H31ClN3O4P. The zero-order valence-corrected chi connectivity index (χ0v) is 15.8. The number of rotatable bonds is 12. The predicted molar refractivity (Wildman–Crippen MR) is 88.4 cm³/mol. The predicted octanol–water partition coefficient (Wildman–Crippen LogP) is 1.25. The lowest BCUT2D eigenvalue weighted by molar-refractivity contribution is 0.0973. The molecule has 0 aliphatic heterocycles. The third-order valence-electron chi connectivity index (χ3n) is 2.36. The topological polar surface area (TPSA) is 54.5 Å². The second kappa shape index (κ2) is 12.8. The lowest BCUT2D eigenvalue weighted by Crippen LogP contribution is -2.22. The Hall–Kier alpha value is 0.280. The maximum atomic E-state index is 12.4. The van der Waals surface area contributed by atoms with Gasteiger partial charge in [-0.15, -0.1) is 12.4 Å². The fraction of sp³-hybridized carbons (Fsp3) is 1.00. The van der Waals surface area contributed by atoms with Crippen LogP contribution in [0.2, 0.25) is 0 Å². The summed E-state index contributed by atoms with van der Waals surface area (Å²) in [5.41, 5.74) is 0. The number of likely N-dealkylation sites (N-methyl/N-ethyl adjacent to an activating group) is 3. The summed E-state index contributed by atoms with van der Waals surface area (Å²) in [6, 6.07) is 0. The first-order chi connectivity index (χ1) is 9.25. The second-order valence-corrected chi connectivity index (χ2v) is 7.03. The molecule has 9 heteroatoms. The van der Waals surface area contributed by atoms with Crippen molar-refractivity contribution >= 4 is 20.2 Å². The van der Waals surface area contributed by atoms with Gasteiger partial charge in [-0.2, -0.15) is 0 Å². The van der Waals surface area contributed by atoms with Gasteiger partial charge in [0, 0.05) is 19.6 Å². The number of hydrogen-bond acceptors (Lipinski definition) is 7. The summed E-state index contributed by atoms with van der Waals surface area (Å²) in [6.07, 6.45) is 0. The largest absolute Gasteiger partial charge is 0.474 e. The van der Waals surface area contributed by atoms with Crippen molar-refractivity contribution in [2.75, 3.05) is 81.7 Å².